The molecule has 1 aromatic carbocycles. The highest BCUT2D eigenvalue weighted by molar-refractivity contribution is 6.37. The molecule has 0 aliphatic heterocycles. The van der Waals surface area contributed by atoms with Crippen molar-refractivity contribution in [3.63, 3.8) is 0 Å². The Morgan fingerprint density at radius 1 is 0.662 bits per heavy atom. The standard InChI is InChI=1S/C43H64F3N7O12/c1-9-10-15-26(34(59)36(47)60)49-38(62)28(18-22(2)3)52-41(65)35(42(6,7)8)53-40(64)29(20-25-14-12-11-13-23(25)4)51-37(61)27(16-17-32(55)56)50-39(63)30(21-33(57)58)48-31(54)19-24(5)43(44,45)46/h11-14,22,24,26-30,35H,9-10,15-21H2,1-8H3,(H2,47,60)(H,48,54)(H,49,62)(H,50,63)(H,51,61)(H,52,65)(H,53,64)(H,55,56)(H,57,58)/t24-,26-,27-,28-,29-,30-,35+/m0/s1. The lowest BCUT2D eigenvalue weighted by Gasteiger charge is -2.34. The Labute approximate surface area is 375 Å². The summed E-state index contributed by atoms with van der Waals surface area (Å²) in [5.74, 6) is -14.1. The Morgan fingerprint density at radius 2 is 1.18 bits per heavy atom. The Balaban J connectivity index is 3.61. The van der Waals surface area contributed by atoms with Gasteiger partial charge in [-0.1, -0.05) is 85.6 Å². The van der Waals surface area contributed by atoms with E-state index >= 15 is 0 Å². The first-order valence-electron chi connectivity index (χ1n) is 21.2. The van der Waals surface area contributed by atoms with Crippen molar-refractivity contribution in [1.29, 1.82) is 0 Å². The Morgan fingerprint density at radius 3 is 1.69 bits per heavy atom. The first kappa shape index (κ1) is 56.9. The number of carboxylic acid groups (broad SMARTS) is 2. The molecule has 19 nitrogen and oxygen atoms in total. The molecule has 0 unspecified atom stereocenters. The van der Waals surface area contributed by atoms with Crippen LogP contribution in [0.1, 0.15) is 111 Å². The average molecular weight is 928 g/mol. The van der Waals surface area contributed by atoms with Crippen LogP contribution in [-0.2, 0) is 54.4 Å². The van der Waals surface area contributed by atoms with Crippen LogP contribution in [0.3, 0.4) is 0 Å². The molecule has 0 aromatic heterocycles. The van der Waals surface area contributed by atoms with Crippen LogP contribution >= 0.6 is 0 Å². The fraction of sp³-hybridized carbons (Fsp3) is 0.628. The number of nitrogens with two attached hydrogens (primary N) is 1. The second-order valence-corrected chi connectivity index (χ2v) is 17.5. The van der Waals surface area contributed by atoms with Crippen molar-refractivity contribution >= 4 is 59.1 Å². The van der Waals surface area contributed by atoms with Gasteiger partial charge in [-0.15, -0.1) is 0 Å². The van der Waals surface area contributed by atoms with E-state index in [2.05, 4.69) is 26.6 Å². The summed E-state index contributed by atoms with van der Waals surface area (Å²) >= 11 is 0. The van der Waals surface area contributed by atoms with Crippen LogP contribution < -0.4 is 37.6 Å². The minimum atomic E-state index is -4.79. The molecule has 10 N–H and O–H groups in total. The lowest BCUT2D eigenvalue weighted by atomic mass is 9.85. The third kappa shape index (κ3) is 20.5. The molecular formula is C43H64F3N7O12. The molecule has 22 heteroatoms. The number of Topliss-reactive ketones (excluding diaryl/α,β-unsaturated/α-hetero) is 1. The van der Waals surface area contributed by atoms with Crippen molar-refractivity contribution in [2.45, 2.75) is 156 Å². The highest BCUT2D eigenvalue weighted by Gasteiger charge is 2.40. The number of hydrogen-bond acceptors (Lipinski definition) is 10. The Kier molecular flexibility index (Phi) is 22.8. The predicted octanol–water partition coefficient (Wildman–Crippen LogP) is 1.71. The average Bonchev–Trinajstić information content (AvgIpc) is 3.17. The van der Waals surface area contributed by atoms with Crippen LogP contribution in [-0.4, -0.2) is 112 Å². The van der Waals surface area contributed by atoms with E-state index < -0.39 is 139 Å². The smallest absolute Gasteiger partial charge is 0.392 e. The van der Waals surface area contributed by atoms with Gasteiger partial charge in [0.2, 0.25) is 41.2 Å². The largest absolute Gasteiger partial charge is 0.481 e. The molecule has 0 saturated carbocycles. The van der Waals surface area contributed by atoms with E-state index in [1.807, 2.05) is 12.2 Å². The normalized spacial score (nSPS) is 14.8. The SMILES string of the molecule is CCCC[C@H](NC(=O)[C@H](CC(C)C)NC(=O)[C@@H](NC(=O)[C@H](Cc1ccccc1C)NC(=O)[C@H](CCC(=O)O)NC(=O)[C@H](CC(=O)O)NC(=O)C[C@H](C)C(F)(F)F)C(C)(C)C)C(=O)C(N)=O. The number of carbonyl (C=O) groups is 10. The maximum atomic E-state index is 14.3. The fourth-order valence-corrected chi connectivity index (χ4v) is 6.38. The third-order valence-corrected chi connectivity index (χ3v) is 10.2. The molecule has 0 aliphatic rings. The van der Waals surface area contributed by atoms with E-state index in [1.54, 1.807) is 65.8 Å². The van der Waals surface area contributed by atoms with Crippen LogP contribution in [0.25, 0.3) is 0 Å². The topological polar surface area (TPSA) is 309 Å². The molecule has 65 heavy (non-hydrogen) atoms. The van der Waals surface area contributed by atoms with Crippen molar-refractivity contribution in [3.05, 3.63) is 35.4 Å². The number of benzene rings is 1. The molecule has 0 spiro atoms. The molecule has 0 aliphatic carbocycles. The fourth-order valence-electron chi connectivity index (χ4n) is 6.38. The monoisotopic (exact) mass is 927 g/mol. The van der Waals surface area contributed by atoms with Gasteiger partial charge in [-0.3, -0.25) is 47.9 Å². The molecule has 1 aromatic rings. The number of aryl methyl sites for hydroxylation is 1. The first-order valence-corrected chi connectivity index (χ1v) is 21.2. The molecule has 364 valence electrons. The number of nitrogens with one attached hydrogen (secondary N) is 6. The van der Waals surface area contributed by atoms with Gasteiger partial charge in [-0.25, -0.2) is 0 Å². The van der Waals surface area contributed by atoms with Crippen LogP contribution in [0.5, 0.6) is 0 Å². The molecule has 0 bridgehead atoms. The highest BCUT2D eigenvalue weighted by Crippen LogP contribution is 2.28. The van der Waals surface area contributed by atoms with E-state index in [9.17, 15) is 71.3 Å². The van der Waals surface area contributed by atoms with E-state index in [1.165, 1.54) is 0 Å². The number of ketones is 1. The summed E-state index contributed by atoms with van der Waals surface area (Å²) in [7, 11) is 0. The van der Waals surface area contributed by atoms with Crippen molar-refractivity contribution in [2.75, 3.05) is 0 Å². The number of aliphatic carboxylic acids is 2. The van der Waals surface area contributed by atoms with Gasteiger partial charge in [0.15, 0.2) is 0 Å². The van der Waals surface area contributed by atoms with Crippen LogP contribution in [0.15, 0.2) is 24.3 Å². The van der Waals surface area contributed by atoms with Crippen molar-refractivity contribution in [2.24, 2.45) is 23.0 Å². The van der Waals surface area contributed by atoms with Gasteiger partial charge in [0.25, 0.3) is 5.91 Å². The Bertz CT molecular complexity index is 1890. The van der Waals surface area contributed by atoms with Crippen molar-refractivity contribution in [1.82, 2.24) is 31.9 Å². The minimum absolute atomic E-state index is 0.0622. The summed E-state index contributed by atoms with van der Waals surface area (Å²) in [5.41, 5.74) is 5.34. The molecule has 7 atom stereocenters. The maximum Gasteiger partial charge on any atom is 0.392 e. The summed E-state index contributed by atoms with van der Waals surface area (Å²) in [4.78, 5) is 129. The number of amides is 7. The van der Waals surface area contributed by atoms with Gasteiger partial charge in [-0.2, -0.15) is 13.2 Å². The van der Waals surface area contributed by atoms with Gasteiger partial charge in [0.05, 0.1) is 18.4 Å². The zero-order valence-corrected chi connectivity index (χ0v) is 38.0. The Hall–Kier alpha value is -6.09. The molecule has 0 heterocycles. The lowest BCUT2D eigenvalue weighted by Crippen LogP contribution is -2.62. The molecule has 7 amide bonds. The summed E-state index contributed by atoms with van der Waals surface area (Å²) < 4.78 is 39.3. The summed E-state index contributed by atoms with van der Waals surface area (Å²) in [6, 6.07) is -2.61. The molecule has 0 radical (unpaired) electrons. The maximum absolute atomic E-state index is 14.3. The number of primary amides is 1. The highest BCUT2D eigenvalue weighted by atomic mass is 19.4. The number of hydrogen-bond donors (Lipinski definition) is 9. The zero-order valence-electron chi connectivity index (χ0n) is 38.0. The number of carboxylic acids is 2. The second kappa shape index (κ2) is 26.0. The van der Waals surface area contributed by atoms with Gasteiger partial charge in [0.1, 0.15) is 30.2 Å². The van der Waals surface area contributed by atoms with Gasteiger partial charge < -0.3 is 47.8 Å². The molecule has 1 rings (SSSR count). The van der Waals surface area contributed by atoms with E-state index in [4.69, 9.17) is 5.73 Å². The van der Waals surface area contributed by atoms with Crippen LogP contribution in [0.4, 0.5) is 13.2 Å². The second-order valence-electron chi connectivity index (χ2n) is 17.5. The number of unbranched alkanes of at least 4 members (excludes halogenated alkanes) is 1. The van der Waals surface area contributed by atoms with E-state index in [-0.39, 0.29) is 25.2 Å². The number of rotatable bonds is 27. The predicted molar refractivity (Wildman–Crippen MR) is 228 cm³/mol. The van der Waals surface area contributed by atoms with Crippen molar-refractivity contribution in [3.8, 4) is 0 Å². The number of halogens is 3. The van der Waals surface area contributed by atoms with Crippen LogP contribution in [0, 0.1) is 24.2 Å². The molecule has 0 fully saturated rings. The molecular weight excluding hydrogens is 864 g/mol. The van der Waals surface area contributed by atoms with E-state index in [0.29, 0.717) is 30.9 Å². The van der Waals surface area contributed by atoms with Gasteiger partial charge in [0, 0.05) is 19.3 Å². The van der Waals surface area contributed by atoms with E-state index in [0.717, 1.165) is 0 Å². The molecule has 0 saturated heterocycles. The number of carbonyl (C=O) groups excluding carboxylic acids is 8. The quantitative estimate of drug-likeness (QED) is 0.0570. The summed E-state index contributed by atoms with van der Waals surface area (Å²) in [6.45, 7) is 12.6. The zero-order chi connectivity index (χ0) is 50.0. The summed E-state index contributed by atoms with van der Waals surface area (Å²) in [5, 5.41) is 33.2. The summed E-state index contributed by atoms with van der Waals surface area (Å²) in [6.07, 6.45) is -7.45. The number of alkyl halides is 3. The minimum Gasteiger partial charge on any atom is -0.481 e. The lowest BCUT2D eigenvalue weighted by molar-refractivity contribution is -0.174. The first-order chi connectivity index (χ1) is 30.0. The van der Waals surface area contributed by atoms with Crippen LogP contribution in [0.2, 0.25) is 0 Å². The third-order valence-electron chi connectivity index (χ3n) is 10.2. The van der Waals surface area contributed by atoms with Gasteiger partial charge in [-0.05, 0) is 48.6 Å². The van der Waals surface area contributed by atoms with Crippen molar-refractivity contribution < 1.29 is 71.3 Å². The van der Waals surface area contributed by atoms with Gasteiger partial charge >= 0.3 is 18.1 Å².